The van der Waals surface area contributed by atoms with Gasteiger partial charge in [0.2, 0.25) is 0 Å². The van der Waals surface area contributed by atoms with Crippen molar-refractivity contribution in [1.29, 1.82) is 0 Å². The fourth-order valence-electron chi connectivity index (χ4n) is 3.21. The number of hydrogen-bond acceptors (Lipinski definition) is 5. The Morgan fingerprint density at radius 2 is 1.63 bits per heavy atom. The lowest BCUT2D eigenvalue weighted by Crippen LogP contribution is -2.40. The number of imide groups is 1. The number of hydrogen-bond donors (Lipinski definition) is 0. The van der Waals surface area contributed by atoms with Gasteiger partial charge in [0.15, 0.2) is 0 Å². The molecule has 1 atom stereocenters. The molecule has 2 aromatic carbocycles. The Hall–Kier alpha value is -3.32. The van der Waals surface area contributed by atoms with Crippen LogP contribution < -0.4 is 0 Å². The standard InChI is InChI=1S/C20H19N5O2/c1-14(15-7-9-16(10-8-15)25-12-21-11-22-25)23(2)13-24-19(26)17-5-3-4-6-18(17)20(24)27/h3-12,14H,13H2,1-2H3/t14-/m1/s1. The lowest BCUT2D eigenvalue weighted by molar-refractivity contribution is 0.0531. The molecule has 0 fully saturated rings. The van der Waals surface area contributed by atoms with Crippen LogP contribution in [0, 0.1) is 0 Å². The van der Waals surface area contributed by atoms with Crippen LogP contribution in [0.1, 0.15) is 39.2 Å². The number of amides is 2. The van der Waals surface area contributed by atoms with E-state index in [1.807, 2.05) is 43.1 Å². The number of carbonyl (C=O) groups is 2. The van der Waals surface area contributed by atoms with Gasteiger partial charge in [-0.15, -0.1) is 0 Å². The Kier molecular flexibility index (Phi) is 4.29. The Morgan fingerprint density at radius 1 is 1.00 bits per heavy atom. The number of aromatic nitrogens is 3. The van der Waals surface area contributed by atoms with Gasteiger partial charge in [-0.05, 0) is 43.8 Å². The molecule has 27 heavy (non-hydrogen) atoms. The first kappa shape index (κ1) is 17.1. The molecule has 2 amide bonds. The van der Waals surface area contributed by atoms with E-state index in [9.17, 15) is 9.59 Å². The van der Waals surface area contributed by atoms with Crippen molar-refractivity contribution in [2.24, 2.45) is 0 Å². The van der Waals surface area contributed by atoms with Crippen LogP contribution in [0.5, 0.6) is 0 Å². The van der Waals surface area contributed by atoms with E-state index < -0.39 is 0 Å². The van der Waals surface area contributed by atoms with Gasteiger partial charge < -0.3 is 0 Å². The number of benzene rings is 2. The van der Waals surface area contributed by atoms with Crippen molar-refractivity contribution in [2.75, 3.05) is 13.7 Å². The number of nitrogens with zero attached hydrogens (tertiary/aromatic N) is 5. The van der Waals surface area contributed by atoms with E-state index in [0.717, 1.165) is 11.3 Å². The molecular formula is C20H19N5O2. The van der Waals surface area contributed by atoms with Gasteiger partial charge in [-0.1, -0.05) is 24.3 Å². The molecule has 4 rings (SSSR count). The summed E-state index contributed by atoms with van der Waals surface area (Å²) in [5.74, 6) is -0.479. The minimum absolute atomic E-state index is 0.0270. The van der Waals surface area contributed by atoms with E-state index in [4.69, 9.17) is 0 Å². The molecule has 0 saturated heterocycles. The van der Waals surface area contributed by atoms with Crippen molar-refractivity contribution in [3.63, 3.8) is 0 Å². The molecule has 2 heterocycles. The van der Waals surface area contributed by atoms with Crippen LogP contribution >= 0.6 is 0 Å². The third-order valence-corrected chi connectivity index (χ3v) is 4.96. The predicted octanol–water partition coefficient (Wildman–Crippen LogP) is 2.51. The summed E-state index contributed by atoms with van der Waals surface area (Å²) in [5.41, 5.74) is 2.95. The smallest absolute Gasteiger partial charge is 0.262 e. The Labute approximate surface area is 156 Å². The highest BCUT2D eigenvalue weighted by Gasteiger charge is 2.36. The molecule has 0 saturated carbocycles. The van der Waals surface area contributed by atoms with Crippen molar-refractivity contribution < 1.29 is 9.59 Å². The molecule has 1 aliphatic heterocycles. The highest BCUT2D eigenvalue weighted by atomic mass is 16.2. The quantitative estimate of drug-likeness (QED) is 0.653. The second kappa shape index (κ2) is 6.77. The van der Waals surface area contributed by atoms with Crippen LogP contribution in [0.2, 0.25) is 0 Å². The first-order chi connectivity index (χ1) is 13.1. The summed E-state index contributed by atoms with van der Waals surface area (Å²) in [4.78, 5) is 32.3. The maximum atomic E-state index is 12.5. The first-order valence-electron chi connectivity index (χ1n) is 8.66. The molecule has 0 radical (unpaired) electrons. The highest BCUT2D eigenvalue weighted by molar-refractivity contribution is 6.21. The van der Waals surface area contributed by atoms with E-state index in [-0.39, 0.29) is 24.5 Å². The molecule has 1 aromatic heterocycles. The Bertz CT molecular complexity index is 947. The van der Waals surface area contributed by atoms with Crippen molar-refractivity contribution in [2.45, 2.75) is 13.0 Å². The summed E-state index contributed by atoms with van der Waals surface area (Å²) in [7, 11) is 1.90. The minimum Gasteiger partial charge on any atom is -0.282 e. The lowest BCUT2D eigenvalue weighted by atomic mass is 10.1. The normalized spacial score (nSPS) is 14.7. The van der Waals surface area contributed by atoms with Gasteiger partial charge in [0.25, 0.3) is 11.8 Å². The fourth-order valence-corrected chi connectivity index (χ4v) is 3.21. The Morgan fingerprint density at radius 3 is 2.19 bits per heavy atom. The molecule has 7 nitrogen and oxygen atoms in total. The summed E-state index contributed by atoms with van der Waals surface area (Å²) in [6, 6.07) is 14.9. The van der Waals surface area contributed by atoms with Crippen LogP contribution in [0.3, 0.4) is 0 Å². The lowest BCUT2D eigenvalue weighted by Gasteiger charge is -2.28. The van der Waals surface area contributed by atoms with Crippen LogP contribution in [-0.4, -0.2) is 50.1 Å². The second-order valence-corrected chi connectivity index (χ2v) is 6.59. The SMILES string of the molecule is C[C@H](c1ccc(-n2cncn2)cc1)N(C)CN1C(=O)c2ccccc2C1=O. The molecule has 7 heteroatoms. The summed E-state index contributed by atoms with van der Waals surface area (Å²) >= 11 is 0. The van der Waals surface area contributed by atoms with E-state index >= 15 is 0 Å². The average molecular weight is 361 g/mol. The number of fused-ring (bicyclic) bond motifs is 1. The summed E-state index contributed by atoms with van der Waals surface area (Å²) in [6.07, 6.45) is 3.14. The molecule has 0 aliphatic carbocycles. The maximum Gasteiger partial charge on any atom is 0.262 e. The second-order valence-electron chi connectivity index (χ2n) is 6.59. The zero-order chi connectivity index (χ0) is 19.0. The summed E-state index contributed by atoms with van der Waals surface area (Å²) < 4.78 is 1.69. The third kappa shape index (κ3) is 3.02. The molecule has 0 unspecified atom stereocenters. The zero-order valence-electron chi connectivity index (χ0n) is 15.1. The van der Waals surface area contributed by atoms with Crippen LogP contribution in [0.25, 0.3) is 5.69 Å². The van der Waals surface area contributed by atoms with E-state index in [2.05, 4.69) is 10.1 Å². The third-order valence-electron chi connectivity index (χ3n) is 4.96. The maximum absolute atomic E-state index is 12.5. The van der Waals surface area contributed by atoms with E-state index in [1.165, 1.54) is 11.2 Å². The molecular weight excluding hydrogens is 342 g/mol. The number of rotatable bonds is 5. The fraction of sp³-hybridized carbons (Fsp3) is 0.200. The Balaban J connectivity index is 1.48. The molecule has 3 aromatic rings. The minimum atomic E-state index is -0.240. The van der Waals surface area contributed by atoms with Gasteiger partial charge in [0.05, 0.1) is 23.5 Å². The molecule has 0 spiro atoms. The first-order valence-corrected chi connectivity index (χ1v) is 8.66. The van der Waals surface area contributed by atoms with Gasteiger partial charge in [0, 0.05) is 6.04 Å². The van der Waals surface area contributed by atoms with Crippen LogP contribution in [0.15, 0.2) is 61.2 Å². The van der Waals surface area contributed by atoms with Gasteiger partial charge >= 0.3 is 0 Å². The molecule has 136 valence electrons. The van der Waals surface area contributed by atoms with E-state index in [0.29, 0.717) is 11.1 Å². The monoisotopic (exact) mass is 361 g/mol. The van der Waals surface area contributed by atoms with Crippen LogP contribution in [0.4, 0.5) is 0 Å². The van der Waals surface area contributed by atoms with E-state index in [1.54, 1.807) is 35.3 Å². The largest absolute Gasteiger partial charge is 0.282 e. The molecule has 0 N–H and O–H groups in total. The van der Waals surface area contributed by atoms with Gasteiger partial charge in [-0.3, -0.25) is 19.4 Å². The molecule has 1 aliphatic rings. The van der Waals surface area contributed by atoms with Crippen molar-refractivity contribution in [3.05, 3.63) is 77.9 Å². The van der Waals surface area contributed by atoms with Gasteiger partial charge in [-0.2, -0.15) is 5.10 Å². The number of carbonyl (C=O) groups excluding carboxylic acids is 2. The zero-order valence-corrected chi connectivity index (χ0v) is 15.1. The topological polar surface area (TPSA) is 71.3 Å². The summed E-state index contributed by atoms with van der Waals surface area (Å²) in [6.45, 7) is 2.28. The van der Waals surface area contributed by atoms with Gasteiger partial charge in [0.1, 0.15) is 12.7 Å². The van der Waals surface area contributed by atoms with Crippen LogP contribution in [-0.2, 0) is 0 Å². The van der Waals surface area contributed by atoms with Gasteiger partial charge in [-0.25, -0.2) is 9.67 Å². The summed E-state index contributed by atoms with van der Waals surface area (Å²) in [5, 5.41) is 4.11. The highest BCUT2D eigenvalue weighted by Crippen LogP contribution is 2.25. The van der Waals surface area contributed by atoms with Crippen molar-refractivity contribution in [3.8, 4) is 5.69 Å². The average Bonchev–Trinajstić information content (AvgIpc) is 3.32. The molecule has 0 bridgehead atoms. The predicted molar refractivity (Wildman–Crippen MR) is 99.3 cm³/mol. The van der Waals surface area contributed by atoms with Crippen molar-refractivity contribution in [1.82, 2.24) is 24.6 Å². The van der Waals surface area contributed by atoms with Crippen molar-refractivity contribution >= 4 is 11.8 Å².